The molecule has 1 amide bonds. The zero-order valence-corrected chi connectivity index (χ0v) is 13.0. The van der Waals surface area contributed by atoms with Gasteiger partial charge in [-0.25, -0.2) is 0 Å². The van der Waals surface area contributed by atoms with Crippen LogP contribution in [0.4, 0.5) is 11.4 Å². The van der Waals surface area contributed by atoms with Gasteiger partial charge in [-0.1, -0.05) is 6.07 Å². The molecular formula is C16H22N4O. The summed E-state index contributed by atoms with van der Waals surface area (Å²) in [7, 11) is 0. The van der Waals surface area contributed by atoms with E-state index in [1.807, 2.05) is 42.2 Å². The standard InChI is InChI=1S/C16H22N4O/c1-5-20-10-14(9-17-20)12(3)18-15-7-6-11(2)16(8-15)19-13(4)21/h6-10,12,18H,5H2,1-4H3,(H,19,21). The highest BCUT2D eigenvalue weighted by Crippen LogP contribution is 2.24. The van der Waals surface area contributed by atoms with Gasteiger partial charge in [0.15, 0.2) is 0 Å². The first-order valence-electron chi connectivity index (χ1n) is 7.16. The van der Waals surface area contributed by atoms with Gasteiger partial charge in [0.1, 0.15) is 0 Å². The lowest BCUT2D eigenvalue weighted by atomic mass is 10.1. The Balaban J connectivity index is 2.13. The van der Waals surface area contributed by atoms with Crippen LogP contribution in [0.25, 0.3) is 0 Å². The van der Waals surface area contributed by atoms with Crippen LogP contribution in [0.1, 0.15) is 37.9 Å². The predicted octanol–water partition coefficient (Wildman–Crippen LogP) is 3.34. The van der Waals surface area contributed by atoms with Crippen molar-refractivity contribution in [3.05, 3.63) is 41.7 Å². The van der Waals surface area contributed by atoms with E-state index in [0.29, 0.717) is 0 Å². The lowest BCUT2D eigenvalue weighted by molar-refractivity contribution is -0.114. The molecule has 0 radical (unpaired) electrons. The number of rotatable bonds is 5. The van der Waals surface area contributed by atoms with Crippen LogP contribution in [0.15, 0.2) is 30.6 Å². The molecule has 0 fully saturated rings. The van der Waals surface area contributed by atoms with Gasteiger partial charge in [0.2, 0.25) is 5.91 Å². The minimum absolute atomic E-state index is 0.0625. The third kappa shape index (κ3) is 3.84. The fourth-order valence-corrected chi connectivity index (χ4v) is 2.15. The number of benzene rings is 1. The molecule has 0 saturated carbocycles. The molecule has 1 aromatic carbocycles. The number of hydrogen-bond donors (Lipinski definition) is 2. The molecule has 1 atom stereocenters. The van der Waals surface area contributed by atoms with Crippen molar-refractivity contribution in [3.63, 3.8) is 0 Å². The van der Waals surface area contributed by atoms with Crippen molar-refractivity contribution in [1.29, 1.82) is 0 Å². The predicted molar refractivity (Wildman–Crippen MR) is 85.4 cm³/mol. The van der Waals surface area contributed by atoms with E-state index >= 15 is 0 Å². The van der Waals surface area contributed by atoms with Crippen molar-refractivity contribution in [2.24, 2.45) is 0 Å². The Morgan fingerprint density at radius 3 is 2.81 bits per heavy atom. The fraction of sp³-hybridized carbons (Fsp3) is 0.375. The summed E-state index contributed by atoms with van der Waals surface area (Å²) < 4.78 is 1.91. The fourth-order valence-electron chi connectivity index (χ4n) is 2.15. The molecular weight excluding hydrogens is 264 g/mol. The molecule has 0 saturated heterocycles. The van der Waals surface area contributed by atoms with Crippen LogP contribution < -0.4 is 10.6 Å². The second-order valence-electron chi connectivity index (χ2n) is 5.21. The van der Waals surface area contributed by atoms with E-state index in [0.717, 1.165) is 29.0 Å². The van der Waals surface area contributed by atoms with Crippen LogP contribution in [0.3, 0.4) is 0 Å². The number of carbonyl (C=O) groups is 1. The van der Waals surface area contributed by atoms with Crippen LogP contribution in [-0.2, 0) is 11.3 Å². The molecule has 2 N–H and O–H groups in total. The van der Waals surface area contributed by atoms with E-state index in [-0.39, 0.29) is 11.9 Å². The Hall–Kier alpha value is -2.30. The zero-order chi connectivity index (χ0) is 15.4. The van der Waals surface area contributed by atoms with E-state index in [1.54, 1.807) is 0 Å². The number of hydrogen-bond acceptors (Lipinski definition) is 3. The highest BCUT2D eigenvalue weighted by molar-refractivity contribution is 5.90. The van der Waals surface area contributed by atoms with Gasteiger partial charge in [-0.3, -0.25) is 9.48 Å². The number of aryl methyl sites for hydroxylation is 2. The van der Waals surface area contributed by atoms with Crippen molar-refractivity contribution >= 4 is 17.3 Å². The maximum atomic E-state index is 11.2. The van der Waals surface area contributed by atoms with Gasteiger partial charge in [-0.2, -0.15) is 5.10 Å². The van der Waals surface area contributed by atoms with Gasteiger partial charge in [-0.05, 0) is 38.5 Å². The Kier molecular flexibility index (Phi) is 4.62. The average molecular weight is 286 g/mol. The van der Waals surface area contributed by atoms with Gasteiger partial charge in [-0.15, -0.1) is 0 Å². The summed E-state index contributed by atoms with van der Waals surface area (Å²) in [4.78, 5) is 11.2. The lowest BCUT2D eigenvalue weighted by Crippen LogP contribution is -2.09. The molecule has 1 aromatic heterocycles. The molecule has 21 heavy (non-hydrogen) atoms. The Morgan fingerprint density at radius 1 is 1.43 bits per heavy atom. The van der Waals surface area contributed by atoms with Crippen molar-refractivity contribution < 1.29 is 4.79 Å². The van der Waals surface area contributed by atoms with Crippen LogP contribution in [0.5, 0.6) is 0 Å². The molecule has 1 unspecified atom stereocenters. The van der Waals surface area contributed by atoms with Crippen molar-refractivity contribution in [2.45, 2.75) is 40.3 Å². The topological polar surface area (TPSA) is 59.0 Å². The summed E-state index contributed by atoms with van der Waals surface area (Å²) in [6.07, 6.45) is 3.92. The van der Waals surface area contributed by atoms with Gasteiger partial charge in [0, 0.05) is 36.6 Å². The van der Waals surface area contributed by atoms with Gasteiger partial charge >= 0.3 is 0 Å². The SMILES string of the molecule is CCn1cc(C(C)Nc2ccc(C)c(NC(C)=O)c2)cn1. The molecule has 2 aromatic rings. The first-order chi connectivity index (χ1) is 9.99. The minimum atomic E-state index is -0.0625. The normalized spacial score (nSPS) is 12.0. The van der Waals surface area contributed by atoms with Crippen molar-refractivity contribution in [1.82, 2.24) is 9.78 Å². The molecule has 5 nitrogen and oxygen atoms in total. The number of nitrogens with one attached hydrogen (secondary N) is 2. The molecule has 2 rings (SSSR count). The lowest BCUT2D eigenvalue weighted by Gasteiger charge is -2.16. The second kappa shape index (κ2) is 6.43. The van der Waals surface area contributed by atoms with E-state index in [2.05, 4.69) is 29.6 Å². The monoisotopic (exact) mass is 286 g/mol. The largest absolute Gasteiger partial charge is 0.378 e. The molecule has 0 bridgehead atoms. The highest BCUT2D eigenvalue weighted by atomic mass is 16.1. The number of nitrogens with zero attached hydrogens (tertiary/aromatic N) is 2. The molecule has 112 valence electrons. The average Bonchev–Trinajstić information content (AvgIpc) is 2.91. The first-order valence-corrected chi connectivity index (χ1v) is 7.16. The summed E-state index contributed by atoms with van der Waals surface area (Å²) >= 11 is 0. The number of amides is 1. The number of aromatic nitrogens is 2. The van der Waals surface area contributed by atoms with Crippen LogP contribution >= 0.6 is 0 Å². The quantitative estimate of drug-likeness (QED) is 0.886. The molecule has 5 heteroatoms. The summed E-state index contributed by atoms with van der Waals surface area (Å²) in [6, 6.07) is 6.12. The van der Waals surface area contributed by atoms with Crippen molar-refractivity contribution in [3.8, 4) is 0 Å². The summed E-state index contributed by atoms with van der Waals surface area (Å²) in [5, 5.41) is 10.6. The molecule has 1 heterocycles. The Bertz CT molecular complexity index is 633. The summed E-state index contributed by atoms with van der Waals surface area (Å²) in [5.74, 6) is -0.0625. The van der Waals surface area contributed by atoms with E-state index in [4.69, 9.17) is 0 Å². The maximum absolute atomic E-state index is 11.2. The zero-order valence-electron chi connectivity index (χ0n) is 13.0. The maximum Gasteiger partial charge on any atom is 0.221 e. The Labute approximate surface area is 125 Å². The third-order valence-electron chi connectivity index (χ3n) is 3.41. The molecule has 0 spiro atoms. The first kappa shape index (κ1) is 15.1. The van der Waals surface area contributed by atoms with Gasteiger partial charge < -0.3 is 10.6 Å². The van der Waals surface area contributed by atoms with E-state index in [9.17, 15) is 4.79 Å². The summed E-state index contributed by atoms with van der Waals surface area (Å²) in [6.45, 7) is 8.51. The number of carbonyl (C=O) groups excluding carboxylic acids is 1. The smallest absolute Gasteiger partial charge is 0.221 e. The molecule has 0 aliphatic carbocycles. The molecule has 0 aliphatic heterocycles. The van der Waals surface area contributed by atoms with Gasteiger partial charge in [0.25, 0.3) is 0 Å². The minimum Gasteiger partial charge on any atom is -0.378 e. The van der Waals surface area contributed by atoms with Crippen LogP contribution in [-0.4, -0.2) is 15.7 Å². The van der Waals surface area contributed by atoms with Gasteiger partial charge in [0.05, 0.1) is 12.2 Å². The van der Waals surface area contributed by atoms with E-state index < -0.39 is 0 Å². The highest BCUT2D eigenvalue weighted by Gasteiger charge is 2.09. The number of anilines is 2. The van der Waals surface area contributed by atoms with Crippen LogP contribution in [0, 0.1) is 6.92 Å². The molecule has 0 aliphatic rings. The summed E-state index contributed by atoms with van der Waals surface area (Å²) in [5.41, 5.74) is 3.99. The van der Waals surface area contributed by atoms with E-state index in [1.165, 1.54) is 6.92 Å². The third-order valence-corrected chi connectivity index (χ3v) is 3.41. The van der Waals surface area contributed by atoms with Crippen LogP contribution in [0.2, 0.25) is 0 Å². The van der Waals surface area contributed by atoms with Crippen molar-refractivity contribution in [2.75, 3.05) is 10.6 Å². The second-order valence-corrected chi connectivity index (χ2v) is 5.21. The Morgan fingerprint density at radius 2 is 2.19 bits per heavy atom.